The summed E-state index contributed by atoms with van der Waals surface area (Å²) in [5.74, 6) is 1.99. The van der Waals surface area contributed by atoms with E-state index in [4.69, 9.17) is 10.00 Å². The minimum Gasteiger partial charge on any atom is -0.487 e. The highest BCUT2D eigenvalue weighted by Gasteiger charge is 2.43. The zero-order valence-electron chi connectivity index (χ0n) is 16.7. The molecule has 2 aromatic carbocycles. The van der Waals surface area contributed by atoms with Gasteiger partial charge in [0.25, 0.3) is 0 Å². The number of hydrogen-bond donors (Lipinski definition) is 0. The van der Waals surface area contributed by atoms with Gasteiger partial charge >= 0.3 is 0 Å². The zero-order chi connectivity index (χ0) is 19.1. The van der Waals surface area contributed by atoms with Crippen LogP contribution >= 0.6 is 0 Å². The molecule has 3 nitrogen and oxygen atoms in total. The highest BCUT2D eigenvalue weighted by atomic mass is 16.5. The number of fused-ring (bicyclic) bond motifs is 1. The second kappa shape index (κ2) is 6.94. The van der Waals surface area contributed by atoms with Crippen LogP contribution in [-0.4, -0.2) is 29.6 Å². The van der Waals surface area contributed by atoms with Crippen LogP contribution in [0.2, 0.25) is 0 Å². The van der Waals surface area contributed by atoms with Crippen LogP contribution in [0.1, 0.15) is 50.2 Å². The van der Waals surface area contributed by atoms with Crippen LogP contribution in [0.15, 0.2) is 42.5 Å². The van der Waals surface area contributed by atoms with E-state index in [1.165, 1.54) is 30.4 Å². The zero-order valence-corrected chi connectivity index (χ0v) is 16.7. The maximum Gasteiger partial charge on any atom is 0.123 e. The Morgan fingerprint density at radius 1 is 1.07 bits per heavy atom. The molecule has 1 spiro atoms. The van der Waals surface area contributed by atoms with Gasteiger partial charge in [-0.15, -0.1) is 0 Å². The monoisotopic (exact) mass is 372 g/mol. The Bertz CT molecular complexity index is 899. The number of hydrogen-bond acceptors (Lipinski definition) is 3. The molecule has 0 bridgehead atoms. The molecule has 1 aliphatic carbocycles. The Balaban J connectivity index is 1.28. The van der Waals surface area contributed by atoms with Crippen LogP contribution in [0.25, 0.3) is 11.1 Å². The van der Waals surface area contributed by atoms with Crippen LogP contribution < -0.4 is 4.74 Å². The van der Waals surface area contributed by atoms with Crippen molar-refractivity contribution in [3.05, 3.63) is 53.6 Å². The minimum absolute atomic E-state index is 0.00144. The van der Waals surface area contributed by atoms with Crippen LogP contribution in [0.4, 0.5) is 0 Å². The SMILES string of the molecule is CC(C1CCC1)N1CCC2(CC1)Cc1cc(-c3ccc(C#N)cc3)ccc1O2. The van der Waals surface area contributed by atoms with Gasteiger partial charge in [-0.3, -0.25) is 0 Å². The van der Waals surface area contributed by atoms with Crippen molar-refractivity contribution in [2.75, 3.05) is 13.1 Å². The number of rotatable bonds is 3. The van der Waals surface area contributed by atoms with Gasteiger partial charge in [-0.1, -0.05) is 24.6 Å². The summed E-state index contributed by atoms with van der Waals surface area (Å²) in [4.78, 5) is 2.70. The van der Waals surface area contributed by atoms with Crippen molar-refractivity contribution in [3.63, 3.8) is 0 Å². The summed E-state index contributed by atoms with van der Waals surface area (Å²) in [6.07, 6.45) is 7.55. The summed E-state index contributed by atoms with van der Waals surface area (Å²) < 4.78 is 6.52. The van der Waals surface area contributed by atoms with Gasteiger partial charge in [0.15, 0.2) is 0 Å². The lowest BCUT2D eigenvalue weighted by Gasteiger charge is -2.45. The Hall–Kier alpha value is -2.31. The van der Waals surface area contributed by atoms with Crippen molar-refractivity contribution in [2.45, 2.75) is 57.1 Å². The van der Waals surface area contributed by atoms with Gasteiger partial charge < -0.3 is 9.64 Å². The third-order valence-corrected chi connectivity index (χ3v) is 7.36. The van der Waals surface area contributed by atoms with Crippen molar-refractivity contribution in [2.24, 2.45) is 5.92 Å². The highest BCUT2D eigenvalue weighted by molar-refractivity contribution is 5.67. The van der Waals surface area contributed by atoms with Crippen molar-refractivity contribution in [3.8, 4) is 22.9 Å². The van der Waals surface area contributed by atoms with Gasteiger partial charge in [0, 0.05) is 38.4 Å². The Morgan fingerprint density at radius 2 is 1.79 bits per heavy atom. The third-order valence-electron chi connectivity index (χ3n) is 7.36. The Labute approximate surface area is 167 Å². The lowest BCUT2D eigenvalue weighted by atomic mass is 9.78. The second-order valence-corrected chi connectivity index (χ2v) is 8.94. The largest absolute Gasteiger partial charge is 0.487 e. The van der Waals surface area contributed by atoms with E-state index in [1.807, 2.05) is 24.3 Å². The van der Waals surface area contributed by atoms with Gasteiger partial charge in [-0.2, -0.15) is 5.26 Å². The molecular weight excluding hydrogens is 344 g/mol. The van der Waals surface area contributed by atoms with Crippen molar-refractivity contribution in [1.82, 2.24) is 4.90 Å². The first-order chi connectivity index (χ1) is 13.7. The van der Waals surface area contributed by atoms with E-state index >= 15 is 0 Å². The van der Waals surface area contributed by atoms with Crippen LogP contribution in [0.5, 0.6) is 5.75 Å². The second-order valence-electron chi connectivity index (χ2n) is 8.94. The lowest BCUT2D eigenvalue weighted by Crippen LogP contribution is -2.52. The van der Waals surface area contributed by atoms with Crippen LogP contribution in [-0.2, 0) is 6.42 Å². The van der Waals surface area contributed by atoms with Gasteiger partial charge in [0.2, 0.25) is 0 Å². The molecule has 2 fully saturated rings. The van der Waals surface area contributed by atoms with Gasteiger partial charge in [-0.25, -0.2) is 0 Å². The molecule has 3 aliphatic rings. The molecule has 1 saturated carbocycles. The van der Waals surface area contributed by atoms with E-state index in [-0.39, 0.29) is 5.60 Å². The molecular formula is C25H28N2O. The molecule has 144 valence electrons. The molecule has 2 aliphatic heterocycles. The molecule has 2 heterocycles. The Kier molecular flexibility index (Phi) is 4.40. The number of piperidine rings is 1. The number of benzene rings is 2. The Morgan fingerprint density at radius 3 is 2.43 bits per heavy atom. The number of likely N-dealkylation sites (tertiary alicyclic amines) is 1. The number of nitriles is 1. The molecule has 1 unspecified atom stereocenters. The van der Waals surface area contributed by atoms with E-state index in [1.54, 1.807) is 0 Å². The van der Waals surface area contributed by atoms with E-state index in [2.05, 4.69) is 36.1 Å². The normalized spacial score (nSPS) is 22.1. The standard InChI is InChI=1S/C25H28N2O/c1-18(20-3-2-4-20)27-13-11-25(12-14-27)16-23-15-22(9-10-24(23)28-25)21-7-5-19(17-26)6-8-21/h5-10,15,18,20H,2-4,11-14,16H2,1H3. The summed E-state index contributed by atoms with van der Waals surface area (Å²) >= 11 is 0. The molecule has 3 heteroatoms. The topological polar surface area (TPSA) is 36.3 Å². The van der Waals surface area contributed by atoms with Crippen molar-refractivity contribution < 1.29 is 4.74 Å². The predicted molar refractivity (Wildman–Crippen MR) is 111 cm³/mol. The summed E-state index contributed by atoms with van der Waals surface area (Å²) in [5.41, 5.74) is 4.41. The first-order valence-electron chi connectivity index (χ1n) is 10.7. The van der Waals surface area contributed by atoms with Crippen LogP contribution in [0, 0.1) is 17.2 Å². The average molecular weight is 373 g/mol. The lowest BCUT2D eigenvalue weighted by molar-refractivity contribution is -0.00849. The molecule has 28 heavy (non-hydrogen) atoms. The average Bonchev–Trinajstić information content (AvgIpc) is 3.04. The van der Waals surface area contributed by atoms with Crippen molar-refractivity contribution >= 4 is 0 Å². The fourth-order valence-electron chi connectivity index (χ4n) is 5.19. The summed E-state index contributed by atoms with van der Waals surface area (Å²) in [7, 11) is 0. The highest BCUT2D eigenvalue weighted by Crippen LogP contribution is 2.43. The molecule has 5 rings (SSSR count). The quantitative estimate of drug-likeness (QED) is 0.744. The smallest absolute Gasteiger partial charge is 0.123 e. The maximum absolute atomic E-state index is 9.00. The van der Waals surface area contributed by atoms with E-state index in [0.29, 0.717) is 5.56 Å². The predicted octanol–water partition coefficient (Wildman–Crippen LogP) is 5.18. The van der Waals surface area contributed by atoms with E-state index in [9.17, 15) is 0 Å². The first kappa shape index (κ1) is 17.8. The van der Waals surface area contributed by atoms with Crippen molar-refractivity contribution in [1.29, 1.82) is 5.26 Å². The summed E-state index contributed by atoms with van der Waals surface area (Å²) in [5, 5.41) is 9.00. The van der Waals surface area contributed by atoms with Gasteiger partial charge in [0.05, 0.1) is 11.6 Å². The molecule has 1 saturated heterocycles. The van der Waals surface area contributed by atoms with E-state index < -0.39 is 0 Å². The molecule has 0 N–H and O–H groups in total. The molecule has 0 radical (unpaired) electrons. The maximum atomic E-state index is 9.00. The van der Waals surface area contributed by atoms with E-state index in [0.717, 1.165) is 55.6 Å². The minimum atomic E-state index is 0.00144. The number of nitrogens with zero attached hydrogens (tertiary/aromatic N) is 2. The van der Waals surface area contributed by atoms with Crippen LogP contribution in [0.3, 0.4) is 0 Å². The fraction of sp³-hybridized carbons (Fsp3) is 0.480. The third kappa shape index (κ3) is 3.10. The summed E-state index contributed by atoms with van der Waals surface area (Å²) in [6.45, 7) is 4.75. The molecule has 1 atom stereocenters. The number of ether oxygens (including phenoxy) is 1. The van der Waals surface area contributed by atoms with Gasteiger partial charge in [-0.05, 0) is 66.6 Å². The molecule has 2 aromatic rings. The summed E-state index contributed by atoms with van der Waals surface area (Å²) in [6, 6.07) is 17.3. The fourth-order valence-corrected chi connectivity index (χ4v) is 5.19. The molecule has 0 aromatic heterocycles. The molecule has 0 amide bonds. The first-order valence-corrected chi connectivity index (χ1v) is 10.7. The van der Waals surface area contributed by atoms with Gasteiger partial charge in [0.1, 0.15) is 11.4 Å².